The fourth-order valence-corrected chi connectivity index (χ4v) is 2.37. The molecule has 0 fully saturated rings. The van der Waals surface area contributed by atoms with E-state index in [1.54, 1.807) is 12.1 Å². The van der Waals surface area contributed by atoms with Crippen LogP contribution < -0.4 is 5.73 Å². The molecular weight excluding hydrogens is 211 g/mol. The van der Waals surface area contributed by atoms with Gasteiger partial charge >= 0.3 is 0 Å². The third-order valence-electron chi connectivity index (χ3n) is 2.05. The Labute approximate surface area is 92.1 Å². The van der Waals surface area contributed by atoms with Crippen LogP contribution >= 0.6 is 11.8 Å². The summed E-state index contributed by atoms with van der Waals surface area (Å²) in [6.45, 7) is 1.91. The monoisotopic (exact) mass is 222 g/mol. The molecule has 1 aromatic carbocycles. The Morgan fingerprint density at radius 2 is 2.00 bits per heavy atom. The lowest BCUT2D eigenvalue weighted by Gasteiger charge is -2.16. The summed E-state index contributed by atoms with van der Waals surface area (Å²) in [5.41, 5.74) is 7.37. The summed E-state index contributed by atoms with van der Waals surface area (Å²) in [6, 6.07) is 6.39. The van der Waals surface area contributed by atoms with Crippen LogP contribution in [-0.4, -0.2) is 11.2 Å². The number of thioether (sulfide) groups is 1. The lowest BCUT2D eigenvalue weighted by Crippen LogP contribution is -2.16. The quantitative estimate of drug-likeness (QED) is 0.793. The molecule has 1 unspecified atom stereocenters. The maximum Gasteiger partial charge on any atom is 0.149 e. The van der Waals surface area contributed by atoms with Crippen molar-refractivity contribution in [3.05, 3.63) is 41.7 Å². The molecule has 1 atom stereocenters. The second-order valence-electron chi connectivity index (χ2n) is 3.29. The van der Waals surface area contributed by atoms with Crippen molar-refractivity contribution in [2.45, 2.75) is 12.4 Å². The van der Waals surface area contributed by atoms with Crippen LogP contribution in [0.5, 0.6) is 0 Å². The molecule has 0 aliphatic carbocycles. The molecule has 1 aliphatic rings. The van der Waals surface area contributed by atoms with E-state index in [0.717, 1.165) is 16.2 Å². The van der Waals surface area contributed by atoms with Crippen LogP contribution in [0.2, 0.25) is 0 Å². The van der Waals surface area contributed by atoms with Gasteiger partial charge in [-0.05, 0) is 30.7 Å². The van der Waals surface area contributed by atoms with Gasteiger partial charge in [-0.3, -0.25) is 4.99 Å². The highest BCUT2D eigenvalue weighted by Crippen LogP contribution is 2.32. The average Bonchev–Trinajstić information content (AvgIpc) is 2.17. The largest absolute Gasteiger partial charge is 0.301 e. The van der Waals surface area contributed by atoms with Gasteiger partial charge in [0.25, 0.3) is 0 Å². The zero-order chi connectivity index (χ0) is 10.8. The Balaban J connectivity index is 2.32. The van der Waals surface area contributed by atoms with Crippen molar-refractivity contribution in [3.8, 4) is 0 Å². The molecule has 1 aliphatic heterocycles. The number of nitrogens with two attached hydrogens (primary N) is 1. The first-order valence-corrected chi connectivity index (χ1v) is 5.47. The number of halogens is 1. The predicted octanol–water partition coefficient (Wildman–Crippen LogP) is 2.62. The van der Waals surface area contributed by atoms with Gasteiger partial charge in [-0.2, -0.15) is 0 Å². The van der Waals surface area contributed by atoms with Crippen molar-refractivity contribution >= 4 is 22.4 Å². The van der Waals surface area contributed by atoms with Gasteiger partial charge in [0.15, 0.2) is 0 Å². The molecule has 78 valence electrons. The number of aliphatic imine (C=N–C) groups is 1. The lowest BCUT2D eigenvalue weighted by molar-refractivity contribution is 0.628. The molecule has 2 rings (SSSR count). The maximum absolute atomic E-state index is 12.7. The van der Waals surface area contributed by atoms with Crippen LogP contribution in [0.15, 0.2) is 35.3 Å². The van der Waals surface area contributed by atoms with E-state index in [-0.39, 0.29) is 11.3 Å². The van der Waals surface area contributed by atoms with E-state index in [4.69, 9.17) is 5.73 Å². The van der Waals surface area contributed by atoms with Gasteiger partial charge in [0, 0.05) is 10.6 Å². The van der Waals surface area contributed by atoms with Crippen LogP contribution in [0.1, 0.15) is 12.5 Å². The van der Waals surface area contributed by atoms with Gasteiger partial charge in [0.05, 0.1) is 0 Å². The minimum Gasteiger partial charge on any atom is -0.301 e. The zero-order valence-electron chi connectivity index (χ0n) is 8.27. The average molecular weight is 222 g/mol. The molecule has 0 bridgehead atoms. The second kappa shape index (κ2) is 4.16. The van der Waals surface area contributed by atoms with E-state index in [9.17, 15) is 4.39 Å². The van der Waals surface area contributed by atoms with E-state index in [2.05, 4.69) is 4.99 Å². The summed E-state index contributed by atoms with van der Waals surface area (Å²) in [5, 5.41) is 0. The number of nitrogens with zero attached hydrogens (tertiary/aromatic N) is 1. The number of rotatable bonds is 1. The second-order valence-corrected chi connectivity index (χ2v) is 4.45. The molecule has 2 nitrogen and oxygen atoms in total. The van der Waals surface area contributed by atoms with Crippen molar-refractivity contribution < 1.29 is 4.39 Å². The number of hydrogen-bond donors (Lipinski definition) is 1. The fraction of sp³-hybridized carbons (Fsp3) is 0.182. The third-order valence-corrected chi connectivity index (χ3v) is 3.00. The van der Waals surface area contributed by atoms with Gasteiger partial charge in [0.2, 0.25) is 0 Å². The molecule has 1 aromatic rings. The molecule has 0 saturated heterocycles. The smallest absolute Gasteiger partial charge is 0.149 e. The summed E-state index contributed by atoms with van der Waals surface area (Å²) in [6.07, 6.45) is 1.96. The van der Waals surface area contributed by atoms with E-state index in [0.29, 0.717) is 0 Å². The Bertz CT molecular complexity index is 423. The maximum atomic E-state index is 12.7. The van der Waals surface area contributed by atoms with E-state index in [1.807, 2.05) is 13.0 Å². The standard InChI is InChI=1S/C11H11FN2S/c1-7-6-10(15-11(13)14-7)8-2-4-9(12)5-3-8/h2-6,11H,13H2,1H3. The van der Waals surface area contributed by atoms with Gasteiger partial charge in [-0.15, -0.1) is 0 Å². The SMILES string of the molecule is CC1=NC(N)SC(c2ccc(F)cc2)=C1. The Kier molecular flexibility index (Phi) is 2.88. The summed E-state index contributed by atoms with van der Waals surface area (Å²) < 4.78 is 12.7. The number of benzene rings is 1. The molecular formula is C11H11FN2S. The first-order chi connectivity index (χ1) is 7.15. The summed E-state index contributed by atoms with van der Waals surface area (Å²) >= 11 is 1.48. The summed E-state index contributed by atoms with van der Waals surface area (Å²) in [7, 11) is 0. The first kappa shape index (κ1) is 10.4. The molecule has 2 N–H and O–H groups in total. The Morgan fingerprint density at radius 3 is 2.60 bits per heavy atom. The highest BCUT2D eigenvalue weighted by atomic mass is 32.2. The van der Waals surface area contributed by atoms with E-state index in [1.165, 1.54) is 23.9 Å². The molecule has 15 heavy (non-hydrogen) atoms. The van der Waals surface area contributed by atoms with Gasteiger partial charge in [-0.1, -0.05) is 23.9 Å². The number of allylic oxidation sites excluding steroid dienone is 1. The van der Waals surface area contributed by atoms with Crippen LogP contribution in [0.4, 0.5) is 4.39 Å². The lowest BCUT2D eigenvalue weighted by atomic mass is 10.2. The predicted molar refractivity (Wildman–Crippen MR) is 63.1 cm³/mol. The third kappa shape index (κ3) is 2.46. The van der Waals surface area contributed by atoms with Crippen LogP contribution in [0, 0.1) is 5.82 Å². The van der Waals surface area contributed by atoms with Crippen molar-refractivity contribution in [1.29, 1.82) is 0 Å². The molecule has 1 heterocycles. The van der Waals surface area contributed by atoms with Gasteiger partial charge in [0.1, 0.15) is 11.3 Å². The van der Waals surface area contributed by atoms with Gasteiger partial charge in [-0.25, -0.2) is 4.39 Å². The molecule has 0 aromatic heterocycles. The molecule has 0 amide bonds. The molecule has 0 spiro atoms. The highest BCUT2D eigenvalue weighted by molar-refractivity contribution is 8.08. The Morgan fingerprint density at radius 1 is 1.33 bits per heavy atom. The highest BCUT2D eigenvalue weighted by Gasteiger charge is 2.13. The van der Waals surface area contributed by atoms with E-state index >= 15 is 0 Å². The minimum atomic E-state index is -0.255. The van der Waals surface area contributed by atoms with Crippen molar-refractivity contribution in [1.82, 2.24) is 0 Å². The van der Waals surface area contributed by atoms with Crippen LogP contribution in [-0.2, 0) is 0 Å². The van der Waals surface area contributed by atoms with E-state index < -0.39 is 0 Å². The summed E-state index contributed by atoms with van der Waals surface area (Å²) in [4.78, 5) is 5.22. The fourth-order valence-electron chi connectivity index (χ4n) is 1.38. The minimum absolute atomic E-state index is 0.227. The molecule has 0 saturated carbocycles. The zero-order valence-corrected chi connectivity index (χ0v) is 9.09. The molecule has 0 radical (unpaired) electrons. The number of hydrogen-bond acceptors (Lipinski definition) is 3. The van der Waals surface area contributed by atoms with Crippen molar-refractivity contribution in [3.63, 3.8) is 0 Å². The van der Waals surface area contributed by atoms with Crippen LogP contribution in [0.3, 0.4) is 0 Å². The van der Waals surface area contributed by atoms with Crippen molar-refractivity contribution in [2.24, 2.45) is 10.7 Å². The first-order valence-electron chi connectivity index (χ1n) is 4.59. The van der Waals surface area contributed by atoms with Gasteiger partial charge < -0.3 is 5.73 Å². The summed E-state index contributed by atoms with van der Waals surface area (Å²) in [5.74, 6) is -0.227. The normalized spacial score (nSPS) is 20.9. The van der Waals surface area contributed by atoms with Crippen LogP contribution in [0.25, 0.3) is 4.91 Å². The molecule has 4 heteroatoms. The Hall–Kier alpha value is -1.13. The van der Waals surface area contributed by atoms with Crippen molar-refractivity contribution in [2.75, 3.05) is 0 Å². The topological polar surface area (TPSA) is 38.4 Å².